The Morgan fingerprint density at radius 1 is 0.488 bits per heavy atom. The van der Waals surface area contributed by atoms with Gasteiger partial charge in [-0.2, -0.15) is 0 Å². The average molecular weight is 548 g/mol. The zero-order valence-electron chi connectivity index (χ0n) is 26.2. The van der Waals surface area contributed by atoms with Crippen LogP contribution in [0.5, 0.6) is 0 Å². The third kappa shape index (κ3) is 6.00. The topological polar surface area (TPSA) is 57.1 Å². The summed E-state index contributed by atoms with van der Waals surface area (Å²) in [6.07, 6.45) is 0. The maximum absolute atomic E-state index is 6.25. The Bertz CT molecular complexity index is 1440. The summed E-state index contributed by atoms with van der Waals surface area (Å²) in [7, 11) is -0.416. The van der Waals surface area contributed by atoms with E-state index in [4.69, 9.17) is 24.3 Å². The van der Waals surface area contributed by atoms with Gasteiger partial charge in [0, 0.05) is 16.7 Å². The summed E-state index contributed by atoms with van der Waals surface area (Å²) in [5, 5.41) is 0. The van der Waals surface area contributed by atoms with Gasteiger partial charge in [0.15, 0.2) is 17.5 Å². The molecule has 0 unspecified atom stereocenters. The molecular formula is C35H42BN3O2. The van der Waals surface area contributed by atoms with E-state index in [9.17, 15) is 0 Å². The minimum absolute atomic E-state index is 0.0711. The number of rotatable bonds is 4. The largest absolute Gasteiger partial charge is 0.494 e. The Hall–Kier alpha value is -3.35. The van der Waals surface area contributed by atoms with Crippen LogP contribution < -0.4 is 5.46 Å². The van der Waals surface area contributed by atoms with Crippen LogP contribution in [0, 0.1) is 0 Å². The molecule has 1 saturated heterocycles. The summed E-state index contributed by atoms with van der Waals surface area (Å²) in [6.45, 7) is 21.6. The molecule has 212 valence electrons. The second kappa shape index (κ2) is 10.2. The van der Waals surface area contributed by atoms with Crippen molar-refractivity contribution in [3.05, 3.63) is 83.9 Å². The highest BCUT2D eigenvalue weighted by Crippen LogP contribution is 2.36. The van der Waals surface area contributed by atoms with Gasteiger partial charge in [-0.1, -0.05) is 114 Å². The lowest BCUT2D eigenvalue weighted by atomic mass is 9.79. The zero-order valence-corrected chi connectivity index (χ0v) is 26.2. The van der Waals surface area contributed by atoms with Crippen molar-refractivity contribution in [2.45, 2.75) is 91.3 Å². The molecule has 5 nitrogen and oxygen atoms in total. The first-order valence-electron chi connectivity index (χ1n) is 14.5. The van der Waals surface area contributed by atoms with Gasteiger partial charge in [0.25, 0.3) is 0 Å². The molecule has 1 aromatic heterocycles. The van der Waals surface area contributed by atoms with Gasteiger partial charge in [-0.15, -0.1) is 0 Å². The van der Waals surface area contributed by atoms with Crippen LogP contribution in [0.15, 0.2) is 72.8 Å². The Morgan fingerprint density at radius 3 is 1.07 bits per heavy atom. The van der Waals surface area contributed by atoms with Gasteiger partial charge in [0.2, 0.25) is 0 Å². The monoisotopic (exact) mass is 547 g/mol. The standard InChI is InChI=1S/C35H42BN3O2/c1-32(2,3)26-17-11-23(12-18-26)29-37-30(24-13-19-27(20-14-24)33(4,5)6)39-31(38-29)25-15-21-28(22-16-25)36-40-34(7,8)35(9,10)41-36/h11-22H,1-10H3. The number of aromatic nitrogens is 3. The highest BCUT2D eigenvalue weighted by molar-refractivity contribution is 6.62. The molecule has 3 aromatic carbocycles. The molecule has 0 N–H and O–H groups in total. The fraction of sp³-hybridized carbons (Fsp3) is 0.400. The Kier molecular flexibility index (Phi) is 7.24. The number of hydrogen-bond donors (Lipinski definition) is 0. The molecule has 5 rings (SSSR count). The van der Waals surface area contributed by atoms with Gasteiger partial charge in [0.05, 0.1) is 11.2 Å². The number of benzene rings is 3. The first-order chi connectivity index (χ1) is 19.0. The first kappa shape index (κ1) is 29.2. The van der Waals surface area contributed by atoms with E-state index >= 15 is 0 Å². The molecule has 1 fully saturated rings. The second-order valence-electron chi connectivity index (χ2n) is 14.2. The number of nitrogens with zero attached hydrogens (tertiary/aromatic N) is 3. The lowest BCUT2D eigenvalue weighted by molar-refractivity contribution is 0.00578. The van der Waals surface area contributed by atoms with Crippen LogP contribution in [-0.2, 0) is 20.1 Å². The molecule has 0 bridgehead atoms. The Morgan fingerprint density at radius 2 is 0.780 bits per heavy atom. The number of hydrogen-bond acceptors (Lipinski definition) is 5. The fourth-order valence-electron chi connectivity index (χ4n) is 4.77. The Balaban J connectivity index is 1.54. The Labute approximate surface area is 245 Å². The van der Waals surface area contributed by atoms with Crippen LogP contribution in [0.25, 0.3) is 34.2 Å². The van der Waals surface area contributed by atoms with E-state index in [1.54, 1.807) is 0 Å². The van der Waals surface area contributed by atoms with Crippen molar-refractivity contribution >= 4 is 12.6 Å². The van der Waals surface area contributed by atoms with Crippen molar-refractivity contribution in [3.8, 4) is 34.2 Å². The summed E-state index contributed by atoms with van der Waals surface area (Å²) in [5.74, 6) is 1.94. The highest BCUT2D eigenvalue weighted by Gasteiger charge is 2.51. The molecule has 0 amide bonds. The minimum Gasteiger partial charge on any atom is -0.399 e. The van der Waals surface area contributed by atoms with Crippen LogP contribution >= 0.6 is 0 Å². The maximum atomic E-state index is 6.25. The quantitative estimate of drug-likeness (QED) is 0.244. The van der Waals surface area contributed by atoms with Gasteiger partial charge < -0.3 is 9.31 Å². The van der Waals surface area contributed by atoms with Crippen LogP contribution in [0.2, 0.25) is 0 Å². The zero-order chi connectivity index (χ0) is 29.8. The summed E-state index contributed by atoms with van der Waals surface area (Å²) in [6, 6.07) is 25.2. The summed E-state index contributed by atoms with van der Waals surface area (Å²) < 4.78 is 12.5. The molecule has 1 aliphatic heterocycles. The molecule has 0 spiro atoms. The third-order valence-corrected chi connectivity index (χ3v) is 8.35. The summed E-state index contributed by atoms with van der Waals surface area (Å²) >= 11 is 0. The van der Waals surface area contributed by atoms with E-state index in [2.05, 4.69) is 118 Å². The predicted octanol–water partition coefficient (Wildman–Crippen LogP) is 7.77. The lowest BCUT2D eigenvalue weighted by Gasteiger charge is -2.32. The van der Waals surface area contributed by atoms with E-state index in [1.807, 2.05) is 24.3 Å². The van der Waals surface area contributed by atoms with Crippen molar-refractivity contribution in [2.75, 3.05) is 0 Å². The van der Waals surface area contributed by atoms with E-state index in [1.165, 1.54) is 11.1 Å². The molecule has 41 heavy (non-hydrogen) atoms. The molecule has 0 radical (unpaired) electrons. The molecular weight excluding hydrogens is 505 g/mol. The average Bonchev–Trinajstić information content (AvgIpc) is 3.14. The second-order valence-corrected chi connectivity index (χ2v) is 14.2. The van der Waals surface area contributed by atoms with Gasteiger partial charge in [-0.25, -0.2) is 15.0 Å². The van der Waals surface area contributed by atoms with E-state index < -0.39 is 7.12 Å². The van der Waals surface area contributed by atoms with Gasteiger partial charge in [-0.05, 0) is 55.1 Å². The summed E-state index contributed by atoms with van der Waals surface area (Å²) in [5.41, 5.74) is 5.71. The predicted molar refractivity (Wildman–Crippen MR) is 169 cm³/mol. The van der Waals surface area contributed by atoms with Crippen molar-refractivity contribution in [1.82, 2.24) is 15.0 Å². The highest BCUT2D eigenvalue weighted by atomic mass is 16.7. The molecule has 0 atom stereocenters. The van der Waals surface area contributed by atoms with Crippen LogP contribution in [0.1, 0.15) is 80.4 Å². The van der Waals surface area contributed by atoms with E-state index in [0.29, 0.717) is 17.5 Å². The molecule has 1 aliphatic rings. The summed E-state index contributed by atoms with van der Waals surface area (Å²) in [4.78, 5) is 14.8. The lowest BCUT2D eigenvalue weighted by Crippen LogP contribution is -2.41. The first-order valence-corrected chi connectivity index (χ1v) is 14.5. The van der Waals surface area contributed by atoms with Crippen LogP contribution in [0.3, 0.4) is 0 Å². The van der Waals surface area contributed by atoms with Gasteiger partial charge in [-0.3, -0.25) is 0 Å². The van der Waals surface area contributed by atoms with Crippen LogP contribution in [-0.4, -0.2) is 33.3 Å². The van der Waals surface area contributed by atoms with Crippen molar-refractivity contribution in [3.63, 3.8) is 0 Å². The molecule has 6 heteroatoms. The third-order valence-electron chi connectivity index (χ3n) is 8.35. The molecule has 0 aliphatic carbocycles. The van der Waals surface area contributed by atoms with Crippen LogP contribution in [0.4, 0.5) is 0 Å². The van der Waals surface area contributed by atoms with Crippen molar-refractivity contribution in [2.24, 2.45) is 0 Å². The van der Waals surface area contributed by atoms with E-state index in [-0.39, 0.29) is 22.0 Å². The molecule has 0 saturated carbocycles. The molecule has 4 aromatic rings. The van der Waals surface area contributed by atoms with Gasteiger partial charge in [0.1, 0.15) is 0 Å². The minimum atomic E-state index is -0.416. The van der Waals surface area contributed by atoms with Gasteiger partial charge >= 0.3 is 7.12 Å². The molecule has 2 heterocycles. The van der Waals surface area contributed by atoms with Crippen molar-refractivity contribution < 1.29 is 9.31 Å². The smallest absolute Gasteiger partial charge is 0.399 e. The van der Waals surface area contributed by atoms with E-state index in [0.717, 1.165) is 22.2 Å². The SMILES string of the molecule is CC(C)(C)c1ccc(-c2nc(-c3ccc(B4OC(C)(C)C(C)(C)O4)cc3)nc(-c3ccc(C(C)(C)C)cc3)n2)cc1. The normalized spacial score (nSPS) is 16.7. The fourth-order valence-corrected chi connectivity index (χ4v) is 4.77. The van der Waals surface area contributed by atoms with Crippen molar-refractivity contribution in [1.29, 1.82) is 0 Å². The maximum Gasteiger partial charge on any atom is 0.494 e.